The predicted molar refractivity (Wildman–Crippen MR) is 63.1 cm³/mol. The molecule has 1 rings (SSSR count). The van der Waals surface area contributed by atoms with Crippen LogP contribution in [0.2, 0.25) is 0 Å². The molecule has 0 heterocycles. The molecular formula is C10H15FN2O2S. The first kappa shape index (κ1) is 12.8. The Labute approximate surface area is 94.7 Å². The van der Waals surface area contributed by atoms with E-state index < -0.39 is 15.8 Å². The normalized spacial score (nSPS) is 11.8. The van der Waals surface area contributed by atoms with E-state index in [4.69, 9.17) is 5.73 Å². The maximum atomic E-state index is 13.0. The van der Waals surface area contributed by atoms with Crippen LogP contribution in [0.1, 0.15) is 13.8 Å². The number of rotatable bonds is 4. The van der Waals surface area contributed by atoms with Gasteiger partial charge < -0.3 is 5.73 Å². The van der Waals surface area contributed by atoms with Gasteiger partial charge in [-0.2, -0.15) is 0 Å². The zero-order chi connectivity index (χ0) is 12.3. The molecule has 0 saturated heterocycles. The van der Waals surface area contributed by atoms with Crippen LogP contribution in [0, 0.1) is 11.7 Å². The minimum absolute atomic E-state index is 0.00315. The highest BCUT2D eigenvalue weighted by Crippen LogP contribution is 2.17. The average Bonchev–Trinajstić information content (AvgIpc) is 1.95. The topological polar surface area (TPSA) is 72.2 Å². The smallest absolute Gasteiger partial charge is 0.232 e. The molecule has 16 heavy (non-hydrogen) atoms. The van der Waals surface area contributed by atoms with Gasteiger partial charge in [0.2, 0.25) is 10.0 Å². The van der Waals surface area contributed by atoms with Crippen molar-refractivity contribution in [2.45, 2.75) is 13.8 Å². The van der Waals surface area contributed by atoms with Gasteiger partial charge in [0, 0.05) is 5.69 Å². The standard InChI is InChI=1S/C10H15FN2O2S/c1-7(2)6-16(14,15)13-10-4-8(11)3-9(12)5-10/h3-5,7,13H,6,12H2,1-2H3. The monoisotopic (exact) mass is 246 g/mol. The molecule has 0 aliphatic rings. The second kappa shape index (κ2) is 4.69. The van der Waals surface area contributed by atoms with E-state index in [0.29, 0.717) is 0 Å². The molecule has 0 unspecified atom stereocenters. The number of hydrogen-bond donors (Lipinski definition) is 2. The Hall–Kier alpha value is -1.30. The van der Waals surface area contributed by atoms with Crippen LogP contribution in [0.5, 0.6) is 0 Å². The number of halogens is 1. The number of sulfonamides is 1. The quantitative estimate of drug-likeness (QED) is 0.796. The lowest BCUT2D eigenvalue weighted by molar-refractivity contribution is 0.587. The molecule has 0 aliphatic heterocycles. The fraction of sp³-hybridized carbons (Fsp3) is 0.400. The maximum absolute atomic E-state index is 13.0. The molecule has 4 nitrogen and oxygen atoms in total. The van der Waals surface area contributed by atoms with Crippen molar-refractivity contribution < 1.29 is 12.8 Å². The van der Waals surface area contributed by atoms with Crippen molar-refractivity contribution in [3.05, 3.63) is 24.0 Å². The SMILES string of the molecule is CC(C)CS(=O)(=O)Nc1cc(N)cc(F)c1. The molecule has 0 spiro atoms. The average molecular weight is 246 g/mol. The van der Waals surface area contributed by atoms with Gasteiger partial charge in [0.05, 0.1) is 11.4 Å². The van der Waals surface area contributed by atoms with Crippen molar-refractivity contribution in [2.24, 2.45) is 5.92 Å². The molecule has 0 atom stereocenters. The fourth-order valence-electron chi connectivity index (χ4n) is 1.33. The summed E-state index contributed by atoms with van der Waals surface area (Å²) in [5, 5.41) is 0. The number of benzene rings is 1. The van der Waals surface area contributed by atoms with Crippen molar-refractivity contribution in [1.82, 2.24) is 0 Å². The predicted octanol–water partition coefficient (Wildman–Crippen LogP) is 1.81. The van der Waals surface area contributed by atoms with Crippen molar-refractivity contribution in [2.75, 3.05) is 16.2 Å². The van der Waals surface area contributed by atoms with E-state index in [2.05, 4.69) is 4.72 Å². The van der Waals surface area contributed by atoms with E-state index in [9.17, 15) is 12.8 Å². The zero-order valence-corrected chi connectivity index (χ0v) is 10.0. The maximum Gasteiger partial charge on any atom is 0.232 e. The molecule has 3 N–H and O–H groups in total. The van der Waals surface area contributed by atoms with E-state index in [1.165, 1.54) is 6.07 Å². The summed E-state index contributed by atoms with van der Waals surface area (Å²) in [6.45, 7) is 3.58. The largest absolute Gasteiger partial charge is 0.399 e. The van der Waals surface area contributed by atoms with E-state index in [0.717, 1.165) is 12.1 Å². The Morgan fingerprint density at radius 3 is 2.50 bits per heavy atom. The number of nitrogens with one attached hydrogen (secondary N) is 1. The van der Waals surface area contributed by atoms with E-state index in [1.54, 1.807) is 13.8 Å². The summed E-state index contributed by atoms with van der Waals surface area (Å²) in [6, 6.07) is 3.59. The molecule has 1 aromatic rings. The molecule has 0 amide bonds. The highest BCUT2D eigenvalue weighted by atomic mass is 32.2. The lowest BCUT2D eigenvalue weighted by atomic mass is 10.3. The van der Waals surface area contributed by atoms with Crippen LogP contribution in [0.15, 0.2) is 18.2 Å². The van der Waals surface area contributed by atoms with Crippen LogP contribution in [0.3, 0.4) is 0 Å². The van der Waals surface area contributed by atoms with Crippen LogP contribution >= 0.6 is 0 Å². The second-order valence-electron chi connectivity index (χ2n) is 4.05. The molecule has 0 saturated carbocycles. The Balaban J connectivity index is 2.88. The van der Waals surface area contributed by atoms with Gasteiger partial charge in [-0.1, -0.05) is 13.8 Å². The van der Waals surface area contributed by atoms with E-state index in [1.807, 2.05) is 0 Å². The Morgan fingerprint density at radius 1 is 1.38 bits per heavy atom. The van der Waals surface area contributed by atoms with E-state index >= 15 is 0 Å². The van der Waals surface area contributed by atoms with Gasteiger partial charge >= 0.3 is 0 Å². The zero-order valence-electron chi connectivity index (χ0n) is 9.20. The van der Waals surface area contributed by atoms with Crippen molar-refractivity contribution in [3.63, 3.8) is 0 Å². The summed E-state index contributed by atoms with van der Waals surface area (Å²) in [5.41, 5.74) is 5.74. The molecule has 90 valence electrons. The number of hydrogen-bond acceptors (Lipinski definition) is 3. The van der Waals surface area contributed by atoms with Gasteiger partial charge in [0.25, 0.3) is 0 Å². The number of nitrogens with two attached hydrogens (primary N) is 1. The first-order valence-electron chi connectivity index (χ1n) is 4.85. The Morgan fingerprint density at radius 2 is 2.00 bits per heavy atom. The third-order valence-electron chi connectivity index (χ3n) is 1.75. The third kappa shape index (κ3) is 4.06. The molecule has 0 aromatic heterocycles. The number of nitrogen functional groups attached to an aromatic ring is 1. The molecule has 6 heteroatoms. The summed E-state index contributed by atoms with van der Waals surface area (Å²) in [7, 11) is -3.44. The van der Waals surface area contributed by atoms with Gasteiger partial charge in [-0.3, -0.25) is 4.72 Å². The highest BCUT2D eigenvalue weighted by Gasteiger charge is 2.13. The molecule has 0 fully saturated rings. The number of anilines is 2. The first-order chi connectivity index (χ1) is 7.28. The summed E-state index contributed by atoms with van der Waals surface area (Å²) in [5.74, 6) is -0.575. The minimum atomic E-state index is -3.44. The molecule has 0 aliphatic carbocycles. The lowest BCUT2D eigenvalue weighted by Crippen LogP contribution is -2.20. The summed E-state index contributed by atoms with van der Waals surface area (Å²) < 4.78 is 38.4. The third-order valence-corrected chi connectivity index (χ3v) is 3.40. The first-order valence-corrected chi connectivity index (χ1v) is 6.50. The highest BCUT2D eigenvalue weighted by molar-refractivity contribution is 7.92. The molecular weight excluding hydrogens is 231 g/mol. The van der Waals surface area contributed by atoms with Crippen molar-refractivity contribution >= 4 is 21.4 Å². The van der Waals surface area contributed by atoms with Gasteiger partial charge in [-0.15, -0.1) is 0 Å². The van der Waals surface area contributed by atoms with Crippen LogP contribution < -0.4 is 10.5 Å². The van der Waals surface area contributed by atoms with Crippen molar-refractivity contribution in [1.29, 1.82) is 0 Å². The van der Waals surface area contributed by atoms with Gasteiger partial charge in [-0.05, 0) is 24.1 Å². The van der Waals surface area contributed by atoms with Gasteiger partial charge in [0.15, 0.2) is 0 Å². The Bertz CT molecular complexity index is 451. The van der Waals surface area contributed by atoms with Gasteiger partial charge in [-0.25, -0.2) is 12.8 Å². The van der Waals surface area contributed by atoms with Crippen molar-refractivity contribution in [3.8, 4) is 0 Å². The van der Waals surface area contributed by atoms with Crippen LogP contribution in [0.25, 0.3) is 0 Å². The second-order valence-corrected chi connectivity index (χ2v) is 5.82. The molecule has 1 aromatic carbocycles. The summed E-state index contributed by atoms with van der Waals surface area (Å²) >= 11 is 0. The van der Waals surface area contributed by atoms with Crippen LogP contribution in [-0.4, -0.2) is 14.2 Å². The fourth-order valence-corrected chi connectivity index (χ4v) is 2.77. The molecule has 0 bridgehead atoms. The van der Waals surface area contributed by atoms with Crippen LogP contribution in [0.4, 0.5) is 15.8 Å². The Kier molecular flexibility index (Phi) is 3.74. The summed E-state index contributed by atoms with van der Waals surface area (Å²) in [6.07, 6.45) is 0. The molecule has 0 radical (unpaired) electrons. The van der Waals surface area contributed by atoms with Crippen LogP contribution in [-0.2, 0) is 10.0 Å². The van der Waals surface area contributed by atoms with Gasteiger partial charge in [0.1, 0.15) is 5.82 Å². The summed E-state index contributed by atoms with van der Waals surface area (Å²) in [4.78, 5) is 0. The minimum Gasteiger partial charge on any atom is -0.399 e. The van der Waals surface area contributed by atoms with E-state index in [-0.39, 0.29) is 23.0 Å². The lowest BCUT2D eigenvalue weighted by Gasteiger charge is -2.10.